The highest BCUT2D eigenvalue weighted by atomic mass is 32.2. The summed E-state index contributed by atoms with van der Waals surface area (Å²) in [5.41, 5.74) is 0. The summed E-state index contributed by atoms with van der Waals surface area (Å²) < 4.78 is 0. The van der Waals surface area contributed by atoms with E-state index in [1.165, 1.54) is 0 Å². The molecule has 1 aliphatic rings. The molecule has 0 aliphatic carbocycles. The van der Waals surface area contributed by atoms with Crippen LogP contribution in [-0.2, 0) is 4.79 Å². The quantitative estimate of drug-likeness (QED) is 0.530. The fourth-order valence-corrected chi connectivity index (χ4v) is 0.979. The molecule has 0 bridgehead atoms. The van der Waals surface area contributed by atoms with Crippen molar-refractivity contribution in [1.29, 1.82) is 0 Å². The maximum atomic E-state index is 10.1. The molecule has 0 saturated carbocycles. The van der Waals surface area contributed by atoms with Gasteiger partial charge in [-0.2, -0.15) is 0 Å². The van der Waals surface area contributed by atoms with E-state index in [0.717, 1.165) is 5.88 Å². The molecule has 0 aromatic heterocycles. The van der Waals surface area contributed by atoms with Gasteiger partial charge in [0.25, 0.3) is 0 Å². The van der Waals surface area contributed by atoms with Gasteiger partial charge in [0.1, 0.15) is 0 Å². The molecule has 1 aliphatic heterocycles. The minimum atomic E-state index is 0.167. The number of hydrogen-bond acceptors (Lipinski definition) is 2. The Kier molecular flexibility index (Phi) is 4.85. The molecule has 2 nitrogen and oxygen atoms in total. The predicted molar refractivity (Wildman–Crippen MR) is 36.8 cm³/mol. The van der Waals surface area contributed by atoms with Crippen molar-refractivity contribution in [1.82, 2.24) is 5.32 Å². The average molecular weight is 133 g/mol. The summed E-state index contributed by atoms with van der Waals surface area (Å²) in [5.74, 6) is 1.62. The first kappa shape index (κ1) is 7.82. The minimum Gasteiger partial charge on any atom is -0.346 e. The molecule has 0 atom stereocenters. The zero-order chi connectivity index (χ0) is 6.41. The third kappa shape index (κ3) is 2.91. The van der Waals surface area contributed by atoms with Gasteiger partial charge in [0.15, 0.2) is 0 Å². The van der Waals surface area contributed by atoms with E-state index < -0.39 is 0 Å². The Morgan fingerprint density at radius 3 is 2.38 bits per heavy atom. The fraction of sp³-hybridized carbons (Fsp3) is 0.800. The Bertz CT molecular complexity index is 66.8. The molecule has 1 heterocycles. The number of nitrogens with one attached hydrogen (secondary N) is 1. The van der Waals surface area contributed by atoms with E-state index in [2.05, 4.69) is 5.32 Å². The molecule has 1 rings (SSSR count). The molecule has 1 amide bonds. The van der Waals surface area contributed by atoms with Gasteiger partial charge in [-0.25, -0.2) is 0 Å². The summed E-state index contributed by atoms with van der Waals surface area (Å²) in [5, 5.41) is 2.64. The van der Waals surface area contributed by atoms with Gasteiger partial charge in [0.2, 0.25) is 5.91 Å². The molecule has 1 fully saturated rings. The zero-order valence-corrected chi connectivity index (χ0v) is 6.05. The van der Waals surface area contributed by atoms with Crippen LogP contribution in [-0.4, -0.2) is 17.5 Å². The Balaban J connectivity index is 0.000000222. The number of carbonyl (C=O) groups is 1. The Morgan fingerprint density at radius 2 is 2.25 bits per heavy atom. The van der Waals surface area contributed by atoms with Crippen LogP contribution in [0.4, 0.5) is 0 Å². The second kappa shape index (κ2) is 4.97. The van der Waals surface area contributed by atoms with Crippen LogP contribution in [0.2, 0.25) is 0 Å². The standard InChI is InChI=1S/C3H5NOS.C2H6/c5-3-1-6-2-4-3;1-2/h1-2H2,(H,4,5);1-2H3. The van der Waals surface area contributed by atoms with Crippen molar-refractivity contribution < 1.29 is 4.79 Å². The van der Waals surface area contributed by atoms with E-state index in [9.17, 15) is 4.79 Å². The van der Waals surface area contributed by atoms with Crippen LogP contribution in [0, 0.1) is 0 Å². The molecular weight excluding hydrogens is 122 g/mol. The predicted octanol–water partition coefficient (Wildman–Crippen LogP) is 0.833. The maximum absolute atomic E-state index is 10.1. The number of hydrogen-bond donors (Lipinski definition) is 1. The number of rotatable bonds is 0. The Morgan fingerprint density at radius 1 is 1.62 bits per heavy atom. The molecule has 0 unspecified atom stereocenters. The number of carbonyl (C=O) groups excluding carboxylic acids is 1. The molecule has 0 radical (unpaired) electrons. The van der Waals surface area contributed by atoms with E-state index in [4.69, 9.17) is 0 Å². The zero-order valence-electron chi connectivity index (χ0n) is 5.23. The second-order valence-electron chi connectivity index (χ2n) is 1.09. The Hall–Kier alpha value is -0.180. The summed E-state index contributed by atoms with van der Waals surface area (Å²) in [6, 6.07) is 0. The number of amides is 1. The van der Waals surface area contributed by atoms with Crippen LogP contribution in [0.5, 0.6) is 0 Å². The van der Waals surface area contributed by atoms with Crippen LogP contribution in [0.15, 0.2) is 0 Å². The Labute approximate surface area is 54.0 Å². The molecule has 3 heteroatoms. The van der Waals surface area contributed by atoms with E-state index in [1.807, 2.05) is 13.8 Å². The van der Waals surface area contributed by atoms with Gasteiger partial charge in [-0.15, -0.1) is 11.8 Å². The second-order valence-corrected chi connectivity index (χ2v) is 2.08. The van der Waals surface area contributed by atoms with Gasteiger partial charge in [0, 0.05) is 0 Å². The monoisotopic (exact) mass is 133 g/mol. The van der Waals surface area contributed by atoms with E-state index in [0.29, 0.717) is 5.75 Å². The van der Waals surface area contributed by atoms with Crippen molar-refractivity contribution in [2.75, 3.05) is 11.6 Å². The number of thioether (sulfide) groups is 1. The third-order valence-corrected chi connectivity index (χ3v) is 1.42. The van der Waals surface area contributed by atoms with Crippen molar-refractivity contribution in [3.63, 3.8) is 0 Å². The first-order valence-electron chi connectivity index (χ1n) is 2.74. The molecule has 1 N–H and O–H groups in total. The van der Waals surface area contributed by atoms with Crippen molar-refractivity contribution in [2.45, 2.75) is 13.8 Å². The van der Waals surface area contributed by atoms with Crippen molar-refractivity contribution in [2.24, 2.45) is 0 Å². The van der Waals surface area contributed by atoms with Gasteiger partial charge in [-0.3, -0.25) is 4.79 Å². The normalized spacial score (nSPS) is 16.5. The van der Waals surface area contributed by atoms with Crippen molar-refractivity contribution in [3.8, 4) is 0 Å². The average Bonchev–Trinajstić information content (AvgIpc) is 2.24. The highest BCUT2D eigenvalue weighted by Gasteiger charge is 2.05. The van der Waals surface area contributed by atoms with Crippen molar-refractivity contribution >= 4 is 17.7 Å². The van der Waals surface area contributed by atoms with Gasteiger partial charge in [-0.1, -0.05) is 13.8 Å². The van der Waals surface area contributed by atoms with E-state index >= 15 is 0 Å². The molecule has 8 heavy (non-hydrogen) atoms. The highest BCUT2D eigenvalue weighted by Crippen LogP contribution is 2.01. The van der Waals surface area contributed by atoms with Crippen LogP contribution >= 0.6 is 11.8 Å². The molecule has 48 valence electrons. The third-order valence-electron chi connectivity index (χ3n) is 0.605. The highest BCUT2D eigenvalue weighted by molar-refractivity contribution is 8.00. The summed E-state index contributed by atoms with van der Waals surface area (Å²) in [4.78, 5) is 10.1. The fourth-order valence-electron chi connectivity index (χ4n) is 0.326. The molecule has 0 aromatic rings. The lowest BCUT2D eigenvalue weighted by atomic mass is 10.7. The van der Waals surface area contributed by atoms with Gasteiger partial charge >= 0.3 is 0 Å². The first-order valence-corrected chi connectivity index (χ1v) is 3.89. The van der Waals surface area contributed by atoms with Gasteiger partial charge < -0.3 is 5.32 Å². The smallest absolute Gasteiger partial charge is 0.230 e. The van der Waals surface area contributed by atoms with Gasteiger partial charge in [-0.05, 0) is 0 Å². The van der Waals surface area contributed by atoms with Crippen LogP contribution in [0.3, 0.4) is 0 Å². The molecule has 1 saturated heterocycles. The van der Waals surface area contributed by atoms with Crippen LogP contribution < -0.4 is 5.32 Å². The lowest BCUT2D eigenvalue weighted by molar-refractivity contribution is -0.117. The summed E-state index contributed by atoms with van der Waals surface area (Å²) >= 11 is 1.62. The summed E-state index contributed by atoms with van der Waals surface area (Å²) in [7, 11) is 0. The topological polar surface area (TPSA) is 29.1 Å². The molecular formula is C5H11NOS. The maximum Gasteiger partial charge on any atom is 0.230 e. The van der Waals surface area contributed by atoms with Crippen molar-refractivity contribution in [3.05, 3.63) is 0 Å². The molecule has 0 spiro atoms. The SMILES string of the molecule is CC.O=C1CSCN1. The van der Waals surface area contributed by atoms with E-state index in [1.54, 1.807) is 11.8 Å². The lowest BCUT2D eigenvalue weighted by Crippen LogP contribution is -2.14. The van der Waals surface area contributed by atoms with Crippen LogP contribution in [0.1, 0.15) is 13.8 Å². The lowest BCUT2D eigenvalue weighted by Gasteiger charge is -1.78. The van der Waals surface area contributed by atoms with Crippen LogP contribution in [0.25, 0.3) is 0 Å². The summed E-state index contributed by atoms with van der Waals surface area (Å²) in [6.07, 6.45) is 0. The largest absolute Gasteiger partial charge is 0.346 e. The van der Waals surface area contributed by atoms with Gasteiger partial charge in [0.05, 0.1) is 11.6 Å². The minimum absolute atomic E-state index is 0.167. The molecule has 0 aromatic carbocycles. The van der Waals surface area contributed by atoms with E-state index in [-0.39, 0.29) is 5.91 Å². The first-order chi connectivity index (χ1) is 3.89. The summed E-state index contributed by atoms with van der Waals surface area (Å²) in [6.45, 7) is 4.00.